The van der Waals surface area contributed by atoms with Gasteiger partial charge in [-0.15, -0.1) is 0 Å². The summed E-state index contributed by atoms with van der Waals surface area (Å²) >= 11 is 0. The Morgan fingerprint density at radius 2 is 1.56 bits per heavy atom. The molecular formula is C41H42N8O6. The number of hydrogen-bond donors (Lipinski definition) is 5. The highest BCUT2D eigenvalue weighted by Gasteiger charge is 2.22. The first-order chi connectivity index (χ1) is 26.3. The molecule has 2 amide bonds. The van der Waals surface area contributed by atoms with Crippen LogP contribution in [-0.2, 0) is 28.0 Å². The number of amides is 2. The highest BCUT2D eigenvalue weighted by atomic mass is 16.5. The molecule has 3 aromatic carbocycles. The van der Waals surface area contributed by atoms with Crippen molar-refractivity contribution < 1.29 is 29.3 Å². The van der Waals surface area contributed by atoms with E-state index in [4.69, 9.17) is 20.0 Å². The molecule has 0 aliphatic rings. The zero-order chi connectivity index (χ0) is 39.5. The molecule has 0 radical (unpaired) electrons. The highest BCUT2D eigenvalue weighted by molar-refractivity contribution is 6.07. The van der Waals surface area contributed by atoms with E-state index in [1.807, 2.05) is 92.7 Å². The van der Waals surface area contributed by atoms with Gasteiger partial charge in [0, 0.05) is 46.8 Å². The van der Waals surface area contributed by atoms with E-state index in [0.29, 0.717) is 47.6 Å². The number of carbonyl (C=O) groups excluding carboxylic acids is 1. The number of aromatic nitrogens is 5. The number of carboxylic acids is 2. The zero-order valence-corrected chi connectivity index (χ0v) is 31.1. The maximum atomic E-state index is 13.4. The lowest BCUT2D eigenvalue weighted by atomic mass is 9.92. The number of fused-ring (bicyclic) bond motifs is 1. The van der Waals surface area contributed by atoms with Crippen LogP contribution >= 0.6 is 0 Å². The van der Waals surface area contributed by atoms with E-state index in [1.165, 1.54) is 0 Å². The van der Waals surface area contributed by atoms with Gasteiger partial charge in [0.2, 0.25) is 0 Å². The van der Waals surface area contributed by atoms with Gasteiger partial charge in [-0.3, -0.25) is 10.3 Å². The van der Waals surface area contributed by atoms with Crippen LogP contribution in [-0.4, -0.2) is 52.9 Å². The number of carboxylic acid groups (broad SMARTS) is 2. The smallest absolute Gasteiger partial charge is 0.328 e. The van der Waals surface area contributed by atoms with Gasteiger partial charge in [-0.2, -0.15) is 5.10 Å². The van der Waals surface area contributed by atoms with Crippen LogP contribution in [0.25, 0.3) is 16.5 Å². The molecule has 0 saturated heterocycles. The number of aliphatic carboxylic acids is 2. The fourth-order valence-electron chi connectivity index (χ4n) is 5.20. The molecule has 6 aromatic rings. The number of benzene rings is 3. The summed E-state index contributed by atoms with van der Waals surface area (Å²) in [6.07, 6.45) is 7.08. The maximum Gasteiger partial charge on any atom is 0.328 e. The first-order valence-corrected chi connectivity index (χ1v) is 17.4. The van der Waals surface area contributed by atoms with Crippen LogP contribution in [0.15, 0.2) is 110 Å². The molecule has 14 nitrogen and oxygen atoms in total. The van der Waals surface area contributed by atoms with Gasteiger partial charge >= 0.3 is 18.0 Å². The Balaban J connectivity index is 0.000000654. The van der Waals surface area contributed by atoms with Crippen molar-refractivity contribution in [2.24, 2.45) is 0 Å². The Morgan fingerprint density at radius 1 is 0.855 bits per heavy atom. The monoisotopic (exact) mass is 742 g/mol. The summed E-state index contributed by atoms with van der Waals surface area (Å²) in [5.41, 5.74) is 5.19. The Labute approximate surface area is 318 Å². The molecular weight excluding hydrogens is 701 g/mol. The second-order valence-corrected chi connectivity index (χ2v) is 13.4. The van der Waals surface area contributed by atoms with E-state index in [9.17, 15) is 14.4 Å². The van der Waals surface area contributed by atoms with Crippen LogP contribution in [0.3, 0.4) is 0 Å². The van der Waals surface area contributed by atoms with Crippen molar-refractivity contribution in [3.05, 3.63) is 132 Å². The third-order valence-corrected chi connectivity index (χ3v) is 8.02. The minimum absolute atomic E-state index is 0.196. The Hall–Kier alpha value is -7.09. The predicted octanol–water partition coefficient (Wildman–Crippen LogP) is 8.06. The van der Waals surface area contributed by atoms with Gasteiger partial charge in [-0.05, 0) is 55.3 Å². The van der Waals surface area contributed by atoms with Gasteiger partial charge in [-0.1, -0.05) is 69.7 Å². The van der Waals surface area contributed by atoms with Gasteiger partial charge < -0.3 is 25.6 Å². The van der Waals surface area contributed by atoms with E-state index < -0.39 is 11.9 Å². The minimum Gasteiger partial charge on any atom is -0.488 e. The maximum absolute atomic E-state index is 13.4. The molecule has 0 atom stereocenters. The number of anilines is 4. The summed E-state index contributed by atoms with van der Waals surface area (Å²) in [6, 6.07) is 25.0. The standard InChI is InChI=1S/C37H38N8O2.C4H4O4/c1-6-26-21-38-22-34(40-26)42-33-19-25(17-18-39-33)23-47-31-16-15-30(28-9-7-8-10-29(28)31)41-36(46)43-35-20-32(37(3,4)5)44-45(35)27-13-11-24(2)12-14-27;5-3(6)1-2-4(7)8/h7-22H,6,23H2,1-5H3,(H,39,40,42)(H2,41,43,46);1-2H,(H,5,6)(H,7,8). The second-order valence-electron chi connectivity index (χ2n) is 13.4. The lowest BCUT2D eigenvalue weighted by Crippen LogP contribution is -2.21. The molecule has 14 heteroatoms. The summed E-state index contributed by atoms with van der Waals surface area (Å²) in [5, 5.41) is 31.5. The van der Waals surface area contributed by atoms with Crippen LogP contribution in [0.5, 0.6) is 5.75 Å². The number of pyridine rings is 1. The molecule has 0 unspecified atom stereocenters. The summed E-state index contributed by atoms with van der Waals surface area (Å²) in [5.74, 6) is 0.0630. The number of nitrogens with one attached hydrogen (secondary N) is 3. The fourth-order valence-corrected chi connectivity index (χ4v) is 5.20. The first-order valence-electron chi connectivity index (χ1n) is 17.4. The molecule has 5 N–H and O–H groups in total. The van der Waals surface area contributed by atoms with Gasteiger partial charge in [0.05, 0.1) is 29.0 Å². The second kappa shape index (κ2) is 17.6. The van der Waals surface area contributed by atoms with Crippen LogP contribution in [0.1, 0.15) is 50.2 Å². The number of nitrogens with zero attached hydrogens (tertiary/aromatic N) is 5. The van der Waals surface area contributed by atoms with E-state index >= 15 is 0 Å². The largest absolute Gasteiger partial charge is 0.488 e. The lowest BCUT2D eigenvalue weighted by Gasteiger charge is -2.15. The van der Waals surface area contributed by atoms with Gasteiger partial charge in [0.25, 0.3) is 0 Å². The Morgan fingerprint density at radius 3 is 2.24 bits per heavy atom. The molecule has 0 bridgehead atoms. The summed E-state index contributed by atoms with van der Waals surface area (Å²) < 4.78 is 8.06. The van der Waals surface area contributed by atoms with Crippen LogP contribution in [0.2, 0.25) is 0 Å². The topological polar surface area (TPSA) is 193 Å². The molecule has 0 fully saturated rings. The average molecular weight is 743 g/mol. The van der Waals surface area contributed by atoms with E-state index in [-0.39, 0.29) is 11.4 Å². The van der Waals surface area contributed by atoms with Crippen molar-refractivity contribution in [3.63, 3.8) is 0 Å². The van der Waals surface area contributed by atoms with Crippen molar-refractivity contribution in [2.45, 2.75) is 53.1 Å². The molecule has 0 aliphatic carbocycles. The number of ether oxygens (including phenoxy) is 1. The molecule has 55 heavy (non-hydrogen) atoms. The highest BCUT2D eigenvalue weighted by Crippen LogP contribution is 2.33. The van der Waals surface area contributed by atoms with Crippen molar-refractivity contribution in [3.8, 4) is 11.4 Å². The molecule has 0 spiro atoms. The molecule has 3 aromatic heterocycles. The van der Waals surface area contributed by atoms with Crippen LogP contribution in [0, 0.1) is 6.92 Å². The normalized spacial score (nSPS) is 11.1. The molecule has 282 valence electrons. The van der Waals surface area contributed by atoms with Crippen molar-refractivity contribution >= 4 is 51.9 Å². The summed E-state index contributed by atoms with van der Waals surface area (Å²) in [6.45, 7) is 10.7. The van der Waals surface area contributed by atoms with Crippen LogP contribution < -0.4 is 20.7 Å². The van der Waals surface area contributed by atoms with Gasteiger partial charge in [-0.25, -0.2) is 29.0 Å². The lowest BCUT2D eigenvalue weighted by molar-refractivity contribution is -0.134. The Bertz CT molecular complexity index is 2310. The molecule has 0 aliphatic heterocycles. The van der Waals surface area contributed by atoms with E-state index in [1.54, 1.807) is 23.3 Å². The number of urea groups is 1. The van der Waals surface area contributed by atoms with E-state index in [0.717, 1.165) is 45.4 Å². The number of hydrogen-bond acceptors (Lipinski definition) is 9. The first kappa shape index (κ1) is 39.1. The Kier molecular flexibility index (Phi) is 12.5. The van der Waals surface area contributed by atoms with Crippen molar-refractivity contribution in [1.29, 1.82) is 0 Å². The third-order valence-electron chi connectivity index (χ3n) is 8.02. The van der Waals surface area contributed by atoms with Crippen molar-refractivity contribution in [1.82, 2.24) is 24.7 Å². The summed E-state index contributed by atoms with van der Waals surface area (Å²) in [7, 11) is 0. The fraction of sp³-hybridized carbons (Fsp3) is 0.195. The molecule has 6 rings (SSSR count). The quantitative estimate of drug-likeness (QED) is 0.0806. The van der Waals surface area contributed by atoms with Crippen molar-refractivity contribution in [2.75, 3.05) is 16.0 Å². The number of aryl methyl sites for hydroxylation is 2. The predicted molar refractivity (Wildman–Crippen MR) is 211 cm³/mol. The van der Waals surface area contributed by atoms with Gasteiger partial charge in [0.1, 0.15) is 29.8 Å². The number of carbonyl (C=O) groups is 3. The third kappa shape index (κ3) is 11.0. The SMILES string of the molecule is CCc1cncc(Nc2cc(COc3ccc(NC(=O)Nc4cc(C(C)(C)C)nn4-c4ccc(C)cc4)c4ccccc34)ccn2)n1.O=C(O)C=CC(=O)O. The average Bonchev–Trinajstić information content (AvgIpc) is 3.59. The minimum atomic E-state index is -1.26. The number of rotatable bonds is 11. The van der Waals surface area contributed by atoms with Crippen LogP contribution in [0.4, 0.5) is 27.9 Å². The van der Waals surface area contributed by atoms with E-state index in [2.05, 4.69) is 51.7 Å². The molecule has 3 heterocycles. The zero-order valence-electron chi connectivity index (χ0n) is 31.1. The molecule has 0 saturated carbocycles. The summed E-state index contributed by atoms with van der Waals surface area (Å²) in [4.78, 5) is 45.7. The van der Waals surface area contributed by atoms with Gasteiger partial charge in [0.15, 0.2) is 0 Å².